The minimum absolute atomic E-state index is 0.293. The predicted octanol–water partition coefficient (Wildman–Crippen LogP) is 0.467. The lowest BCUT2D eigenvalue weighted by Gasteiger charge is -2.32. The van der Waals surface area contributed by atoms with E-state index >= 15 is 0 Å². The SMILES string of the molecule is Cc1cc(OCC2CCN(c3cc(=O)n(C)c(=O)[nH]3)CC2)ncn1. The molecule has 24 heavy (non-hydrogen) atoms. The molecule has 0 aliphatic carbocycles. The lowest BCUT2D eigenvalue weighted by Crippen LogP contribution is -2.40. The average molecular weight is 331 g/mol. The maximum Gasteiger partial charge on any atom is 0.329 e. The third kappa shape index (κ3) is 3.64. The number of nitrogens with one attached hydrogen (secondary N) is 1. The lowest BCUT2D eigenvalue weighted by atomic mass is 9.98. The Balaban J connectivity index is 1.56. The molecule has 1 N–H and O–H groups in total. The van der Waals surface area contributed by atoms with Gasteiger partial charge in [0.2, 0.25) is 5.88 Å². The van der Waals surface area contributed by atoms with Crippen LogP contribution in [-0.4, -0.2) is 39.2 Å². The molecule has 0 saturated carbocycles. The summed E-state index contributed by atoms with van der Waals surface area (Å²) >= 11 is 0. The molecule has 1 fully saturated rings. The van der Waals surface area contributed by atoms with Crippen molar-refractivity contribution in [3.8, 4) is 5.88 Å². The number of rotatable bonds is 4. The molecule has 128 valence electrons. The molecule has 8 nitrogen and oxygen atoms in total. The van der Waals surface area contributed by atoms with Gasteiger partial charge in [0, 0.05) is 38.0 Å². The van der Waals surface area contributed by atoms with E-state index < -0.39 is 0 Å². The fraction of sp³-hybridized carbons (Fsp3) is 0.500. The van der Waals surface area contributed by atoms with Crippen molar-refractivity contribution in [2.45, 2.75) is 19.8 Å². The summed E-state index contributed by atoms with van der Waals surface area (Å²) in [6, 6.07) is 3.29. The average Bonchev–Trinajstić information content (AvgIpc) is 2.58. The minimum Gasteiger partial charge on any atom is -0.477 e. The second-order valence-corrected chi connectivity index (χ2v) is 6.10. The van der Waals surface area contributed by atoms with Crippen LogP contribution in [0.1, 0.15) is 18.5 Å². The van der Waals surface area contributed by atoms with Gasteiger partial charge in [0.25, 0.3) is 5.56 Å². The number of aryl methyl sites for hydroxylation is 1. The largest absolute Gasteiger partial charge is 0.477 e. The third-order valence-electron chi connectivity index (χ3n) is 4.33. The van der Waals surface area contributed by atoms with Crippen LogP contribution in [0.25, 0.3) is 0 Å². The molecule has 8 heteroatoms. The summed E-state index contributed by atoms with van der Waals surface area (Å²) < 4.78 is 6.80. The number of nitrogens with zero attached hydrogens (tertiary/aromatic N) is 4. The number of aromatic nitrogens is 4. The van der Waals surface area contributed by atoms with E-state index in [-0.39, 0.29) is 11.2 Å². The first-order chi connectivity index (χ1) is 11.5. The van der Waals surface area contributed by atoms with Crippen molar-refractivity contribution in [2.24, 2.45) is 13.0 Å². The first kappa shape index (κ1) is 16.2. The molecular formula is C16H21N5O3. The number of H-pyrrole nitrogens is 1. The zero-order valence-electron chi connectivity index (χ0n) is 13.9. The van der Waals surface area contributed by atoms with Crippen molar-refractivity contribution < 1.29 is 4.74 Å². The van der Waals surface area contributed by atoms with E-state index in [4.69, 9.17) is 4.74 Å². The number of anilines is 1. The molecule has 1 aliphatic heterocycles. The van der Waals surface area contributed by atoms with Crippen LogP contribution in [0.5, 0.6) is 5.88 Å². The normalized spacial score (nSPS) is 15.5. The Morgan fingerprint density at radius 2 is 2.00 bits per heavy atom. The van der Waals surface area contributed by atoms with Gasteiger partial charge in [-0.2, -0.15) is 0 Å². The van der Waals surface area contributed by atoms with Crippen LogP contribution >= 0.6 is 0 Å². The zero-order chi connectivity index (χ0) is 17.1. The van der Waals surface area contributed by atoms with Crippen LogP contribution in [0.4, 0.5) is 5.82 Å². The molecule has 3 heterocycles. The number of ether oxygens (including phenoxy) is 1. The summed E-state index contributed by atoms with van der Waals surface area (Å²) in [5, 5.41) is 0. The summed E-state index contributed by atoms with van der Waals surface area (Å²) in [6.45, 7) is 4.06. The van der Waals surface area contributed by atoms with Gasteiger partial charge in [-0.1, -0.05) is 0 Å². The van der Waals surface area contributed by atoms with Crippen LogP contribution in [0, 0.1) is 12.8 Å². The fourth-order valence-corrected chi connectivity index (χ4v) is 2.77. The van der Waals surface area contributed by atoms with Crippen LogP contribution in [0.3, 0.4) is 0 Å². The maximum absolute atomic E-state index is 11.7. The third-order valence-corrected chi connectivity index (χ3v) is 4.33. The topological polar surface area (TPSA) is 93.1 Å². The summed E-state index contributed by atoms with van der Waals surface area (Å²) in [7, 11) is 1.46. The van der Waals surface area contributed by atoms with E-state index in [1.54, 1.807) is 0 Å². The van der Waals surface area contributed by atoms with E-state index in [0.29, 0.717) is 24.2 Å². The second kappa shape index (κ2) is 6.86. The van der Waals surface area contributed by atoms with Gasteiger partial charge < -0.3 is 9.64 Å². The van der Waals surface area contributed by atoms with Gasteiger partial charge in [-0.25, -0.2) is 14.8 Å². The molecule has 2 aromatic rings. The highest BCUT2D eigenvalue weighted by Gasteiger charge is 2.21. The molecule has 0 aromatic carbocycles. The zero-order valence-corrected chi connectivity index (χ0v) is 13.9. The first-order valence-electron chi connectivity index (χ1n) is 7.99. The van der Waals surface area contributed by atoms with Gasteiger partial charge in [-0.15, -0.1) is 0 Å². The Morgan fingerprint density at radius 3 is 2.67 bits per heavy atom. The molecule has 2 aromatic heterocycles. The number of piperidine rings is 1. The molecular weight excluding hydrogens is 310 g/mol. The number of aromatic amines is 1. The molecule has 3 rings (SSSR count). The Kier molecular flexibility index (Phi) is 4.64. The highest BCUT2D eigenvalue weighted by atomic mass is 16.5. The van der Waals surface area contributed by atoms with Gasteiger partial charge in [0.15, 0.2) is 0 Å². The van der Waals surface area contributed by atoms with E-state index in [2.05, 4.69) is 15.0 Å². The van der Waals surface area contributed by atoms with Crippen molar-refractivity contribution in [1.82, 2.24) is 19.5 Å². The predicted molar refractivity (Wildman–Crippen MR) is 89.5 cm³/mol. The Hall–Kier alpha value is -2.64. The standard InChI is InChI=1S/C16H21N5O3/c1-11-7-14(18-10-17-11)24-9-12-3-5-21(6-4-12)13-8-15(22)20(2)16(23)19-13/h7-8,10,12H,3-6,9H2,1-2H3,(H,19,23). The molecule has 0 radical (unpaired) electrons. The number of hydrogen-bond donors (Lipinski definition) is 1. The lowest BCUT2D eigenvalue weighted by molar-refractivity contribution is 0.215. The van der Waals surface area contributed by atoms with Gasteiger partial charge in [0.1, 0.15) is 12.1 Å². The summed E-state index contributed by atoms with van der Waals surface area (Å²) in [5.74, 6) is 1.62. The van der Waals surface area contributed by atoms with Crippen LogP contribution < -0.4 is 20.9 Å². The first-order valence-corrected chi connectivity index (χ1v) is 7.99. The van der Waals surface area contributed by atoms with Crippen LogP contribution in [-0.2, 0) is 7.05 Å². The number of hydrogen-bond acceptors (Lipinski definition) is 6. The van der Waals surface area contributed by atoms with Crippen molar-refractivity contribution in [3.63, 3.8) is 0 Å². The second-order valence-electron chi connectivity index (χ2n) is 6.10. The van der Waals surface area contributed by atoms with Gasteiger partial charge in [-0.3, -0.25) is 14.3 Å². The Bertz CT molecular complexity index is 790. The molecule has 0 amide bonds. The Labute approximate surface area is 139 Å². The van der Waals surface area contributed by atoms with E-state index in [0.717, 1.165) is 36.2 Å². The maximum atomic E-state index is 11.7. The minimum atomic E-state index is -0.387. The highest BCUT2D eigenvalue weighted by Crippen LogP contribution is 2.21. The molecule has 0 unspecified atom stereocenters. The molecule has 0 bridgehead atoms. The molecule has 1 aliphatic rings. The van der Waals surface area contributed by atoms with Gasteiger partial charge in [0.05, 0.1) is 6.61 Å². The van der Waals surface area contributed by atoms with E-state index in [1.807, 2.05) is 17.9 Å². The molecule has 1 saturated heterocycles. The van der Waals surface area contributed by atoms with Crippen LogP contribution in [0.2, 0.25) is 0 Å². The van der Waals surface area contributed by atoms with Gasteiger partial charge in [-0.05, 0) is 25.7 Å². The fourth-order valence-electron chi connectivity index (χ4n) is 2.77. The smallest absolute Gasteiger partial charge is 0.329 e. The van der Waals surface area contributed by atoms with Crippen LogP contribution in [0.15, 0.2) is 28.0 Å². The quantitative estimate of drug-likeness (QED) is 0.875. The van der Waals surface area contributed by atoms with E-state index in [9.17, 15) is 9.59 Å². The molecule has 0 atom stereocenters. The van der Waals surface area contributed by atoms with Crippen molar-refractivity contribution in [1.29, 1.82) is 0 Å². The summed E-state index contributed by atoms with van der Waals surface area (Å²) in [4.78, 5) is 36.4. The highest BCUT2D eigenvalue weighted by molar-refractivity contribution is 5.37. The summed E-state index contributed by atoms with van der Waals surface area (Å²) in [5.41, 5.74) is 0.199. The van der Waals surface area contributed by atoms with Crippen molar-refractivity contribution >= 4 is 5.82 Å². The summed E-state index contributed by atoms with van der Waals surface area (Å²) in [6.07, 6.45) is 3.36. The Morgan fingerprint density at radius 1 is 1.25 bits per heavy atom. The van der Waals surface area contributed by atoms with Gasteiger partial charge >= 0.3 is 5.69 Å². The monoisotopic (exact) mass is 331 g/mol. The van der Waals surface area contributed by atoms with Crippen molar-refractivity contribution in [3.05, 3.63) is 45.0 Å². The molecule has 0 spiro atoms. The van der Waals surface area contributed by atoms with E-state index in [1.165, 1.54) is 19.4 Å². The van der Waals surface area contributed by atoms with Crippen molar-refractivity contribution in [2.75, 3.05) is 24.6 Å².